The van der Waals surface area contributed by atoms with Gasteiger partial charge < -0.3 is 9.84 Å². The van der Waals surface area contributed by atoms with E-state index >= 15 is 0 Å². The lowest BCUT2D eigenvalue weighted by atomic mass is 9.97. The van der Waals surface area contributed by atoms with Crippen LogP contribution in [-0.4, -0.2) is 39.5 Å². The summed E-state index contributed by atoms with van der Waals surface area (Å²) in [5.74, 6) is 3.00. The molecule has 0 amide bonds. The minimum Gasteiger partial charge on any atom is -0.393 e. The van der Waals surface area contributed by atoms with Crippen molar-refractivity contribution in [1.82, 2.24) is 0 Å². The van der Waals surface area contributed by atoms with E-state index in [4.69, 9.17) is 4.74 Å². The molecule has 2 aliphatic heterocycles. The van der Waals surface area contributed by atoms with Crippen molar-refractivity contribution in [3.8, 4) is 0 Å². The highest BCUT2D eigenvalue weighted by Crippen LogP contribution is 2.37. The van der Waals surface area contributed by atoms with Crippen molar-refractivity contribution in [2.24, 2.45) is 5.92 Å². The van der Waals surface area contributed by atoms with Gasteiger partial charge in [-0.1, -0.05) is 20.1 Å². The van der Waals surface area contributed by atoms with Crippen LogP contribution in [0.3, 0.4) is 0 Å². The second kappa shape index (κ2) is 10.9. The average molecular weight is 482 g/mol. The molecule has 2 rings (SSSR count). The van der Waals surface area contributed by atoms with Gasteiger partial charge in [0.25, 0.3) is 0 Å². The molecule has 4 atom stereocenters. The molecule has 2 heterocycles. The summed E-state index contributed by atoms with van der Waals surface area (Å²) >= 11 is 6.48. The molecule has 0 radical (unpaired) electrons. The second-order valence-electron chi connectivity index (χ2n) is 7.03. The Bertz CT molecular complexity index is 424. The fourth-order valence-corrected chi connectivity index (χ4v) is 6.42. The highest BCUT2D eigenvalue weighted by atomic mass is 127. The molecule has 24 heavy (non-hydrogen) atoms. The van der Waals surface area contributed by atoms with Crippen LogP contribution in [0.5, 0.6) is 0 Å². The molecule has 0 saturated carbocycles. The third kappa shape index (κ3) is 7.22. The van der Waals surface area contributed by atoms with Crippen LogP contribution in [0.25, 0.3) is 0 Å². The summed E-state index contributed by atoms with van der Waals surface area (Å²) in [4.78, 5) is 0. The maximum atomic E-state index is 10.2. The summed E-state index contributed by atoms with van der Waals surface area (Å²) in [5.41, 5.74) is 1.22. The lowest BCUT2D eigenvalue weighted by Crippen LogP contribution is -2.18. The zero-order chi connectivity index (χ0) is 17.5. The molecule has 0 aromatic heterocycles. The topological polar surface area (TPSA) is 29.5 Å². The van der Waals surface area contributed by atoms with Crippen molar-refractivity contribution in [2.45, 2.75) is 74.8 Å². The van der Waals surface area contributed by atoms with Crippen molar-refractivity contribution in [1.29, 1.82) is 0 Å². The number of aliphatic hydroxyl groups excluding tert-OH is 1. The van der Waals surface area contributed by atoms with Gasteiger partial charge in [0.1, 0.15) is 0 Å². The van der Waals surface area contributed by atoms with E-state index in [0.29, 0.717) is 12.0 Å². The molecule has 138 valence electrons. The molecule has 2 aliphatic rings. The number of ether oxygens (including phenoxy) is 1. The third-order valence-electron chi connectivity index (χ3n) is 4.84. The monoisotopic (exact) mass is 482 g/mol. The molecular weight excluding hydrogens is 451 g/mol. The Morgan fingerprint density at radius 2 is 2.04 bits per heavy atom. The number of hydrogen-bond donors (Lipinski definition) is 1. The Morgan fingerprint density at radius 3 is 2.71 bits per heavy atom. The van der Waals surface area contributed by atoms with E-state index < -0.39 is 0 Å². The SMILES string of the molecule is C=C(I)[C@H](C)C[C@H](O)CC[C@@H]1O[C@@H](CCC2SCCCS2)CC1=C. The number of halogens is 1. The van der Waals surface area contributed by atoms with Crippen LogP contribution in [-0.2, 0) is 4.74 Å². The van der Waals surface area contributed by atoms with Gasteiger partial charge in [-0.2, -0.15) is 0 Å². The number of rotatable bonds is 9. The lowest BCUT2D eigenvalue weighted by Gasteiger charge is -2.22. The highest BCUT2D eigenvalue weighted by molar-refractivity contribution is 14.1. The summed E-state index contributed by atoms with van der Waals surface area (Å²) in [6.45, 7) is 10.3. The van der Waals surface area contributed by atoms with E-state index in [1.54, 1.807) is 0 Å². The van der Waals surface area contributed by atoms with E-state index in [1.165, 1.54) is 29.9 Å². The third-order valence-corrected chi connectivity index (χ3v) is 8.99. The zero-order valence-electron chi connectivity index (χ0n) is 14.7. The van der Waals surface area contributed by atoms with Crippen LogP contribution in [0, 0.1) is 5.92 Å². The fourth-order valence-electron chi connectivity index (χ4n) is 3.27. The van der Waals surface area contributed by atoms with Crippen molar-refractivity contribution >= 4 is 46.1 Å². The Kier molecular flexibility index (Phi) is 9.56. The molecule has 0 bridgehead atoms. The average Bonchev–Trinajstić information content (AvgIpc) is 2.92. The largest absolute Gasteiger partial charge is 0.393 e. The summed E-state index contributed by atoms with van der Waals surface area (Å²) in [7, 11) is 0. The summed E-state index contributed by atoms with van der Waals surface area (Å²) in [6.07, 6.45) is 7.46. The van der Waals surface area contributed by atoms with Gasteiger partial charge in [-0.15, -0.1) is 23.5 Å². The minimum atomic E-state index is -0.267. The van der Waals surface area contributed by atoms with Gasteiger partial charge in [0, 0.05) is 0 Å². The number of hydrogen-bond acceptors (Lipinski definition) is 4. The normalized spacial score (nSPS) is 28.0. The van der Waals surface area contributed by atoms with Gasteiger partial charge in [-0.25, -0.2) is 0 Å². The van der Waals surface area contributed by atoms with E-state index in [0.717, 1.165) is 40.3 Å². The fraction of sp³-hybridized carbons (Fsp3) is 0.789. The first-order valence-electron chi connectivity index (χ1n) is 9.04. The molecule has 5 heteroatoms. The van der Waals surface area contributed by atoms with E-state index in [2.05, 4.69) is 66.2 Å². The molecular formula is C19H31IO2S2. The van der Waals surface area contributed by atoms with Crippen molar-refractivity contribution in [3.05, 3.63) is 22.3 Å². The van der Waals surface area contributed by atoms with E-state index in [-0.39, 0.29) is 12.2 Å². The van der Waals surface area contributed by atoms with Gasteiger partial charge >= 0.3 is 0 Å². The first-order chi connectivity index (χ1) is 11.5. The van der Waals surface area contributed by atoms with Gasteiger partial charge in [-0.3, -0.25) is 0 Å². The quantitative estimate of drug-likeness (QED) is 0.333. The molecule has 0 aromatic rings. The molecule has 0 aromatic carbocycles. The number of thioether (sulfide) groups is 2. The van der Waals surface area contributed by atoms with E-state index in [1.807, 2.05) is 0 Å². The number of aliphatic hydroxyl groups is 1. The maximum Gasteiger partial charge on any atom is 0.0788 e. The zero-order valence-corrected chi connectivity index (χ0v) is 18.5. The lowest BCUT2D eigenvalue weighted by molar-refractivity contribution is 0.0320. The predicted octanol–water partition coefficient (Wildman–Crippen LogP) is 5.79. The summed E-state index contributed by atoms with van der Waals surface area (Å²) in [6, 6.07) is 0. The van der Waals surface area contributed by atoms with Crippen LogP contribution in [0.15, 0.2) is 22.3 Å². The summed E-state index contributed by atoms with van der Waals surface area (Å²) < 4.78 is 8.10. The first kappa shape index (κ1) is 21.1. The van der Waals surface area contributed by atoms with Gasteiger partial charge in [0.2, 0.25) is 0 Å². The van der Waals surface area contributed by atoms with Crippen molar-refractivity contribution < 1.29 is 9.84 Å². The van der Waals surface area contributed by atoms with Crippen molar-refractivity contribution in [3.63, 3.8) is 0 Å². The van der Waals surface area contributed by atoms with Crippen LogP contribution in [0.2, 0.25) is 0 Å². The van der Waals surface area contributed by atoms with Gasteiger partial charge in [0.15, 0.2) is 0 Å². The van der Waals surface area contributed by atoms with Crippen LogP contribution >= 0.6 is 46.1 Å². The Balaban J connectivity index is 1.65. The van der Waals surface area contributed by atoms with Gasteiger partial charge in [-0.05, 0) is 94.1 Å². The Hall–Kier alpha value is 0.830. The van der Waals surface area contributed by atoms with Crippen LogP contribution in [0.1, 0.15) is 51.9 Å². The van der Waals surface area contributed by atoms with Crippen molar-refractivity contribution in [2.75, 3.05) is 11.5 Å². The van der Waals surface area contributed by atoms with Crippen LogP contribution in [0.4, 0.5) is 0 Å². The van der Waals surface area contributed by atoms with E-state index in [9.17, 15) is 5.11 Å². The Labute approximate surface area is 169 Å². The first-order valence-corrected chi connectivity index (χ1v) is 12.2. The Morgan fingerprint density at radius 1 is 1.33 bits per heavy atom. The molecule has 0 aliphatic carbocycles. The predicted molar refractivity (Wildman–Crippen MR) is 117 cm³/mol. The van der Waals surface area contributed by atoms with Gasteiger partial charge in [0.05, 0.1) is 22.9 Å². The second-order valence-corrected chi connectivity index (χ2v) is 11.3. The highest BCUT2D eigenvalue weighted by Gasteiger charge is 2.29. The number of allylic oxidation sites excluding steroid dienone is 1. The summed E-state index contributed by atoms with van der Waals surface area (Å²) in [5, 5.41) is 10.2. The maximum absolute atomic E-state index is 10.2. The standard InChI is InChI=1S/C19H31IO2S2/c1-13(15(3)20)11-16(21)5-7-18-14(2)12-17(22-18)6-8-19-23-9-4-10-24-19/h13,16-19,21H,2-12H2,1H3/t13-,16-,17+,18+/m1/s1. The molecule has 2 saturated heterocycles. The molecule has 2 nitrogen and oxygen atoms in total. The molecule has 0 spiro atoms. The van der Waals surface area contributed by atoms with Crippen LogP contribution < -0.4 is 0 Å². The smallest absolute Gasteiger partial charge is 0.0788 e. The molecule has 1 N–H and O–H groups in total. The minimum absolute atomic E-state index is 0.148. The molecule has 2 fully saturated rings. The molecule has 0 unspecified atom stereocenters.